The van der Waals surface area contributed by atoms with E-state index in [2.05, 4.69) is 9.85 Å². The van der Waals surface area contributed by atoms with Crippen molar-refractivity contribution in [3.8, 4) is 0 Å². The molecule has 0 aliphatic rings. The summed E-state index contributed by atoms with van der Waals surface area (Å²) in [6.07, 6.45) is 13.0. The van der Waals surface area contributed by atoms with E-state index in [0.29, 0.717) is 26.4 Å². The molecule has 0 heterocycles. The zero-order valence-electron chi connectivity index (χ0n) is 16.7. The van der Waals surface area contributed by atoms with Crippen LogP contribution in [0.5, 0.6) is 0 Å². The summed E-state index contributed by atoms with van der Waals surface area (Å²) in [5.74, 6) is -0.838. The van der Waals surface area contributed by atoms with E-state index in [0.717, 1.165) is 19.3 Å². The molecular weight excluding hydrogens is 318 g/mol. The van der Waals surface area contributed by atoms with Gasteiger partial charge in [-0.1, -0.05) is 44.9 Å². The molecule has 0 aromatic rings. The van der Waals surface area contributed by atoms with Gasteiger partial charge in [-0.2, -0.15) is 11.4 Å². The van der Waals surface area contributed by atoms with Crippen LogP contribution in [0.4, 0.5) is 0 Å². The molecule has 5 nitrogen and oxygen atoms in total. The first-order chi connectivity index (χ1) is 12.2. The molecule has 0 saturated carbocycles. The van der Waals surface area contributed by atoms with Gasteiger partial charge in [0.25, 0.3) is 5.97 Å². The maximum atomic E-state index is 6.52. The van der Waals surface area contributed by atoms with E-state index in [1.807, 2.05) is 20.8 Å². The number of hydrogen-bond acceptors (Lipinski definition) is 4. The third kappa shape index (κ3) is 14.1. The Hall–Kier alpha value is -0.830. The van der Waals surface area contributed by atoms with Crippen molar-refractivity contribution in [3.05, 3.63) is 11.6 Å². The molecule has 0 bridgehead atoms. The molecule has 0 atom stereocenters. The van der Waals surface area contributed by atoms with Crippen molar-refractivity contribution in [1.82, 2.24) is 0 Å². The highest BCUT2D eigenvalue weighted by Gasteiger charge is 2.31. The lowest BCUT2D eigenvalue weighted by Gasteiger charge is -2.32. The maximum Gasteiger partial charge on any atom is 0.282 e. The molecule has 0 N–H and O–H groups in total. The highest BCUT2D eigenvalue weighted by molar-refractivity contribution is 4.59. The molecule has 0 aliphatic carbocycles. The lowest BCUT2D eigenvalue weighted by Crippen LogP contribution is -2.39. The summed E-state index contributed by atoms with van der Waals surface area (Å²) in [6.45, 7) is 14.8. The third-order valence-electron chi connectivity index (χ3n) is 4.13. The van der Waals surface area contributed by atoms with Crippen LogP contribution >= 0.6 is 0 Å². The van der Waals surface area contributed by atoms with Gasteiger partial charge in [-0.25, -0.2) is 0 Å². The van der Waals surface area contributed by atoms with Crippen LogP contribution < -0.4 is 0 Å². The molecule has 0 aliphatic heterocycles. The van der Waals surface area contributed by atoms with Crippen LogP contribution in [0.25, 0.3) is 5.01 Å². The third-order valence-corrected chi connectivity index (χ3v) is 4.13. The Balaban J connectivity index is 3.58. The van der Waals surface area contributed by atoms with E-state index >= 15 is 0 Å². The van der Waals surface area contributed by atoms with Gasteiger partial charge >= 0.3 is 0 Å². The largest absolute Gasteiger partial charge is 0.328 e. The first kappa shape index (κ1) is 24.2. The molecule has 0 aromatic carbocycles. The van der Waals surface area contributed by atoms with E-state index in [1.165, 1.54) is 51.4 Å². The van der Waals surface area contributed by atoms with Crippen LogP contribution in [0.1, 0.15) is 91.4 Å². The topological polar surface area (TPSA) is 41.3 Å². The van der Waals surface area contributed by atoms with Gasteiger partial charge in [0, 0.05) is 26.2 Å². The zero-order valence-corrected chi connectivity index (χ0v) is 16.7. The summed E-state index contributed by atoms with van der Waals surface area (Å²) >= 11 is 0. The number of ether oxygens (including phenoxy) is 3. The Bertz CT molecular complexity index is 300. The van der Waals surface area contributed by atoms with Crippen molar-refractivity contribution in [3.63, 3.8) is 0 Å². The van der Waals surface area contributed by atoms with Crippen LogP contribution in [-0.4, -0.2) is 32.4 Å². The Labute approximate surface area is 155 Å². The maximum absolute atomic E-state index is 6.52. The van der Waals surface area contributed by atoms with Crippen LogP contribution in [0.2, 0.25) is 0 Å². The second kappa shape index (κ2) is 18.0. The monoisotopic (exact) mass is 357 g/mol. The van der Waals surface area contributed by atoms with E-state index < -0.39 is 5.97 Å². The average Bonchev–Trinajstić information content (AvgIpc) is 2.60. The van der Waals surface area contributed by atoms with Crippen molar-refractivity contribution in [2.45, 2.75) is 97.4 Å². The normalized spacial score (nSPS) is 11.4. The van der Waals surface area contributed by atoms with Gasteiger partial charge in [-0.05, 0) is 45.0 Å². The number of unbranched alkanes of at least 4 members (excludes halogenated alkanes) is 9. The van der Waals surface area contributed by atoms with Gasteiger partial charge in [0.05, 0.1) is 0 Å². The fourth-order valence-electron chi connectivity index (χ4n) is 2.97. The van der Waals surface area contributed by atoms with Crippen molar-refractivity contribution in [1.29, 1.82) is 0 Å². The summed E-state index contributed by atoms with van der Waals surface area (Å²) < 4.78 is 17.2. The summed E-state index contributed by atoms with van der Waals surface area (Å²) in [5.41, 5.74) is 0. The number of rotatable bonds is 19. The van der Waals surface area contributed by atoms with Crippen LogP contribution in [0, 0.1) is 6.57 Å². The van der Waals surface area contributed by atoms with Gasteiger partial charge in [0.2, 0.25) is 0 Å². The lowest BCUT2D eigenvalue weighted by atomic mass is 10.1. The Morgan fingerprint density at radius 1 is 0.640 bits per heavy atom. The number of hydrogen-bond donors (Lipinski definition) is 0. The second-order valence-electron chi connectivity index (χ2n) is 6.19. The molecule has 0 radical (unpaired) electrons. The van der Waals surface area contributed by atoms with E-state index in [-0.39, 0.29) is 0 Å². The highest BCUT2D eigenvalue weighted by Crippen LogP contribution is 2.24. The van der Waals surface area contributed by atoms with Crippen molar-refractivity contribution < 1.29 is 19.0 Å². The zero-order chi connectivity index (χ0) is 18.6. The summed E-state index contributed by atoms with van der Waals surface area (Å²) in [4.78, 5) is 4.65. The van der Waals surface area contributed by atoms with Crippen molar-refractivity contribution in [2.75, 3.05) is 26.4 Å². The van der Waals surface area contributed by atoms with Gasteiger partial charge in [-0.15, -0.1) is 0 Å². The molecule has 25 heavy (non-hydrogen) atoms. The molecule has 0 aromatic heterocycles. The van der Waals surface area contributed by atoms with E-state index in [4.69, 9.17) is 20.8 Å². The quantitative estimate of drug-likeness (QED) is 0.125. The smallest absolute Gasteiger partial charge is 0.282 e. The fraction of sp³-hybridized carbons (Fsp3) is 0.950. The minimum absolute atomic E-state index is 0.580. The molecule has 5 heteroatoms. The van der Waals surface area contributed by atoms with Gasteiger partial charge in [0.1, 0.15) is 0 Å². The predicted octanol–water partition coefficient (Wildman–Crippen LogP) is 5.89. The molecular formula is C20H39NO4. The van der Waals surface area contributed by atoms with Gasteiger partial charge in [-0.3, -0.25) is 0 Å². The molecule has 0 rings (SSSR count). The first-order valence-corrected chi connectivity index (χ1v) is 10.1. The molecule has 0 unspecified atom stereocenters. The number of nitrogens with zero attached hydrogens (tertiary/aromatic N) is 1. The minimum Gasteiger partial charge on any atom is -0.328 e. The van der Waals surface area contributed by atoms with Crippen LogP contribution in [0.15, 0.2) is 0 Å². The summed E-state index contributed by atoms with van der Waals surface area (Å²) in [6, 6.07) is 0. The Morgan fingerprint density at radius 3 is 1.44 bits per heavy atom. The highest BCUT2D eigenvalue weighted by atomic mass is 16.9. The fourth-order valence-corrected chi connectivity index (χ4v) is 2.97. The Morgan fingerprint density at radius 2 is 1.04 bits per heavy atom. The Kier molecular flexibility index (Phi) is 17.4. The average molecular weight is 358 g/mol. The standard InChI is InChI=1S/C20H39NO4/c1-5-22-20(23-6-2,24-7-3)18-16-14-12-10-8-9-11-13-15-17-19-25-21-4/h5-19H2,1-3H3. The summed E-state index contributed by atoms with van der Waals surface area (Å²) in [7, 11) is 0. The van der Waals surface area contributed by atoms with Crippen LogP contribution in [0.3, 0.4) is 0 Å². The second-order valence-corrected chi connectivity index (χ2v) is 6.19. The van der Waals surface area contributed by atoms with E-state index in [1.54, 1.807) is 0 Å². The first-order valence-electron chi connectivity index (χ1n) is 10.1. The molecule has 148 valence electrons. The van der Waals surface area contributed by atoms with Gasteiger partial charge < -0.3 is 14.2 Å². The SMILES string of the molecule is [C-]#[N+]OCCCCCCCCCCCCC(OCC)(OCC)OCC. The lowest BCUT2D eigenvalue weighted by molar-refractivity contribution is -0.380. The van der Waals surface area contributed by atoms with E-state index in [9.17, 15) is 0 Å². The molecule has 0 fully saturated rings. The molecule has 0 amide bonds. The minimum atomic E-state index is -0.838. The van der Waals surface area contributed by atoms with Crippen LogP contribution in [-0.2, 0) is 19.0 Å². The summed E-state index contributed by atoms with van der Waals surface area (Å²) in [5, 5.41) is 2.89. The predicted molar refractivity (Wildman–Crippen MR) is 101 cm³/mol. The molecule has 0 saturated heterocycles. The van der Waals surface area contributed by atoms with Gasteiger partial charge in [0.15, 0.2) is 6.61 Å². The van der Waals surface area contributed by atoms with Crippen molar-refractivity contribution >= 4 is 0 Å². The molecule has 0 spiro atoms. The van der Waals surface area contributed by atoms with Crippen molar-refractivity contribution in [2.24, 2.45) is 0 Å².